The number of aromatic nitrogens is 5. The number of carbonyl (C=O) groups excluding carboxylic acids is 1. The van der Waals surface area contributed by atoms with Crippen LogP contribution in [-0.2, 0) is 25.2 Å². The zero-order valence-electron chi connectivity index (χ0n) is 46.3. The van der Waals surface area contributed by atoms with E-state index < -0.39 is 4.92 Å². The Morgan fingerprint density at radius 2 is 0.876 bits per heavy atom. The zero-order valence-corrected chi connectivity index (χ0v) is 51.1. The predicted octanol–water partition coefficient (Wildman–Crippen LogP) is 19.6. The number of nitrogens with two attached hydrogens (primary N) is 3. The second-order valence-corrected chi connectivity index (χ2v) is 20.6. The number of pyridine rings is 3. The van der Waals surface area contributed by atoms with Crippen LogP contribution in [0.15, 0.2) is 234 Å². The summed E-state index contributed by atoms with van der Waals surface area (Å²) in [6.45, 7) is 7.24. The minimum Gasteiger partial charge on any atom is -0.489 e. The van der Waals surface area contributed by atoms with Crippen LogP contribution in [0.5, 0.6) is 17.2 Å². The van der Waals surface area contributed by atoms with Crippen molar-refractivity contribution in [3.8, 4) is 28.6 Å². The predicted molar refractivity (Wildman–Crippen MR) is 381 cm³/mol. The molecule has 0 aliphatic heterocycles. The van der Waals surface area contributed by atoms with Gasteiger partial charge in [0.15, 0.2) is 5.65 Å². The number of nitrogens with one attached hydrogen (secondary N) is 1. The number of hydrogen-bond donors (Lipinski definition) is 4. The number of aryl methyl sites for hydroxylation is 3. The van der Waals surface area contributed by atoms with Gasteiger partial charge in [-0.15, -0.1) is 0 Å². The zero-order chi connectivity index (χ0) is 60.1. The molecular formula is C71H82Br3N9O6. The average molecular weight is 1400 g/mol. The van der Waals surface area contributed by atoms with E-state index in [1.807, 2.05) is 159 Å². The van der Waals surface area contributed by atoms with Gasteiger partial charge in [0.25, 0.3) is 0 Å². The Morgan fingerprint density at radius 1 is 0.494 bits per heavy atom. The smallest absolute Gasteiger partial charge is 0.314 e. The number of para-hydroxylation sites is 3. The lowest BCUT2D eigenvalue weighted by atomic mass is 10.1. The van der Waals surface area contributed by atoms with Crippen LogP contribution in [0.3, 0.4) is 0 Å². The Labute approximate surface area is 550 Å². The number of anilines is 3. The van der Waals surface area contributed by atoms with E-state index in [2.05, 4.69) is 116 Å². The van der Waals surface area contributed by atoms with Gasteiger partial charge in [-0.2, -0.15) is 0 Å². The van der Waals surface area contributed by atoms with Crippen molar-refractivity contribution in [2.24, 2.45) is 0 Å². The molecular weight excluding hydrogens is 1310 g/mol. The second kappa shape index (κ2) is 41.8. The standard InChI is InChI=1S/C20H17N3O.C14H12O2.C13H11BrO.C7H6Br2.C6H7N3O2.C6H9N3.5CH4/c1-14-11-12-21-20-18(14)22-19(23-20)16-9-7-15(8-10-16)13-24-17-5-3-2-4-6-17;15-10-12-6-8-13(9-7-12)11-16-14-4-2-1-3-5-14;14-12-8-6-11(7-9-12)10-15-13-4-2-1-3-5-13;8-5-6-1-3-7(9)4-2-6;1-4-2-3-8-6(7)5(4)9(10)11;1-4-2-3-9-6(8)5(4)7;;;;;/h2-12H,13H2,1H3,(H,21,22,23);1-10H,11H2;1-9H,10H2;1-4H,5H2;2-3H,1H3,(H2,7,8);2-3H,7H2,1H3,(H2,8,9);5*1H4. The van der Waals surface area contributed by atoms with E-state index in [0.717, 1.165) is 82.6 Å². The normalized spacial score (nSPS) is 9.46. The first-order valence-electron chi connectivity index (χ1n) is 26.0. The van der Waals surface area contributed by atoms with Crippen molar-refractivity contribution in [3.05, 3.63) is 288 Å². The molecule has 0 radical (unpaired) electrons. The number of rotatable bonds is 13. The monoisotopic (exact) mass is 1390 g/mol. The lowest BCUT2D eigenvalue weighted by molar-refractivity contribution is -0.384. The van der Waals surface area contributed by atoms with Crippen LogP contribution in [0.25, 0.3) is 22.6 Å². The van der Waals surface area contributed by atoms with E-state index in [4.69, 9.17) is 31.4 Å². The Hall–Kier alpha value is -9.23. The fourth-order valence-corrected chi connectivity index (χ4v) is 8.13. The van der Waals surface area contributed by atoms with Crippen molar-refractivity contribution in [1.82, 2.24) is 24.9 Å². The minimum atomic E-state index is -0.530. The first-order chi connectivity index (χ1) is 40.7. The minimum absolute atomic E-state index is 0. The van der Waals surface area contributed by atoms with Gasteiger partial charge >= 0.3 is 5.69 Å². The molecule has 0 bridgehead atoms. The molecule has 0 atom stereocenters. The molecule has 0 aliphatic carbocycles. The van der Waals surface area contributed by atoms with Crippen molar-refractivity contribution in [2.75, 3.05) is 17.2 Å². The molecule has 0 aliphatic rings. The number of carbonyl (C=O) groups is 1. The summed E-state index contributed by atoms with van der Waals surface area (Å²) in [5, 5.41) is 11.3. The third-order valence-corrected chi connectivity index (χ3v) is 13.7. The Balaban J connectivity index is 0.000000548. The molecule has 7 N–H and O–H groups in total. The molecule has 4 aromatic heterocycles. The lowest BCUT2D eigenvalue weighted by Crippen LogP contribution is -1.99. The van der Waals surface area contributed by atoms with E-state index >= 15 is 0 Å². The molecule has 0 fully saturated rings. The summed E-state index contributed by atoms with van der Waals surface area (Å²) in [6, 6.07) is 66.6. The van der Waals surface area contributed by atoms with Gasteiger partial charge in [-0.3, -0.25) is 14.9 Å². The number of nitrogens with zero attached hydrogens (tertiary/aromatic N) is 5. The maximum absolute atomic E-state index is 10.5. The highest BCUT2D eigenvalue weighted by Gasteiger charge is 2.15. The molecule has 0 saturated heterocycles. The third-order valence-electron chi connectivity index (χ3n) is 11.9. The maximum atomic E-state index is 10.5. The number of hydrogen-bond acceptors (Lipinski definition) is 13. The molecule has 0 spiro atoms. The maximum Gasteiger partial charge on any atom is 0.314 e. The summed E-state index contributed by atoms with van der Waals surface area (Å²) >= 11 is 10.1. The molecule has 4 heterocycles. The van der Waals surface area contributed by atoms with Gasteiger partial charge in [-0.05, 0) is 133 Å². The van der Waals surface area contributed by atoms with Crippen LogP contribution in [0, 0.1) is 30.9 Å². The molecule has 0 saturated carbocycles. The van der Waals surface area contributed by atoms with Gasteiger partial charge < -0.3 is 36.4 Å². The van der Waals surface area contributed by atoms with E-state index in [0.29, 0.717) is 42.5 Å². The van der Waals surface area contributed by atoms with E-state index in [1.165, 1.54) is 17.3 Å². The van der Waals surface area contributed by atoms with E-state index in [-0.39, 0.29) is 48.6 Å². The lowest BCUT2D eigenvalue weighted by Gasteiger charge is -2.06. The van der Waals surface area contributed by atoms with Crippen LogP contribution in [0.1, 0.15) is 86.4 Å². The van der Waals surface area contributed by atoms with Crippen LogP contribution in [0.4, 0.5) is 23.0 Å². The fraction of sp³-hybridized carbons (Fsp3) is 0.169. The Bertz CT molecular complexity index is 3700. The van der Waals surface area contributed by atoms with Gasteiger partial charge in [0.1, 0.15) is 55.0 Å². The van der Waals surface area contributed by atoms with Gasteiger partial charge in [-0.25, -0.2) is 19.9 Å². The third kappa shape index (κ3) is 26.7. The SMILES string of the molecule is BrCc1ccc(Br)cc1.Brc1ccc(COc2ccccc2)cc1.C.C.C.C.C.Cc1ccnc(N)c1N.Cc1ccnc(N)c1[N+](=O)[O-].Cc1ccnc2nc(-c3ccc(COc4ccccc4)cc3)[nH]c12.O=Cc1ccc(COc2ccccc2)cc1. The number of ether oxygens (including phenoxy) is 3. The molecule has 11 aromatic rings. The first-order valence-corrected chi connectivity index (χ1v) is 28.8. The van der Waals surface area contributed by atoms with Crippen molar-refractivity contribution in [3.63, 3.8) is 0 Å². The van der Waals surface area contributed by atoms with Gasteiger partial charge in [-0.1, -0.05) is 212 Å². The van der Waals surface area contributed by atoms with Crippen molar-refractivity contribution in [1.29, 1.82) is 0 Å². The van der Waals surface area contributed by atoms with Gasteiger partial charge in [0.2, 0.25) is 5.82 Å². The average Bonchev–Trinajstić information content (AvgIpc) is 3.04. The highest BCUT2D eigenvalue weighted by molar-refractivity contribution is 9.10. The fourth-order valence-electron chi connectivity index (χ4n) is 7.23. The van der Waals surface area contributed by atoms with E-state index in [1.54, 1.807) is 37.5 Å². The molecule has 15 nitrogen and oxygen atoms in total. The highest BCUT2D eigenvalue weighted by atomic mass is 79.9. The number of nitrogen functional groups attached to an aromatic ring is 3. The number of aromatic amines is 1. The number of imidazole rings is 1. The summed E-state index contributed by atoms with van der Waals surface area (Å²) in [5.74, 6) is 3.84. The van der Waals surface area contributed by atoms with E-state index in [9.17, 15) is 14.9 Å². The molecule has 18 heteroatoms. The summed E-state index contributed by atoms with van der Waals surface area (Å²) in [6.07, 6.45) is 5.70. The molecule has 0 unspecified atom stereocenters. The van der Waals surface area contributed by atoms with Crippen molar-refractivity contribution >= 4 is 88.3 Å². The molecule has 0 amide bonds. The molecule has 89 heavy (non-hydrogen) atoms. The number of alkyl halides is 1. The van der Waals surface area contributed by atoms with Gasteiger partial charge in [0.05, 0.1) is 16.1 Å². The number of halogens is 3. The topological polar surface area (TPSA) is 233 Å². The molecule has 7 aromatic carbocycles. The van der Waals surface area contributed by atoms with Crippen LogP contribution >= 0.6 is 47.8 Å². The summed E-state index contributed by atoms with van der Waals surface area (Å²) in [7, 11) is 0. The summed E-state index contributed by atoms with van der Waals surface area (Å²) in [4.78, 5) is 39.9. The Kier molecular flexibility index (Phi) is 36.5. The highest BCUT2D eigenvalue weighted by Crippen LogP contribution is 2.24. The second-order valence-electron chi connectivity index (χ2n) is 18.2. The number of H-pyrrole nitrogens is 1. The number of nitro groups is 1. The van der Waals surface area contributed by atoms with Crippen molar-refractivity contribution < 1.29 is 23.9 Å². The van der Waals surface area contributed by atoms with Crippen molar-refractivity contribution in [2.45, 2.75) is 83.1 Å². The molecule has 468 valence electrons. The van der Waals surface area contributed by atoms with Gasteiger partial charge in [0, 0.05) is 49.6 Å². The first kappa shape index (κ1) is 77.8. The van der Waals surface area contributed by atoms with Crippen LogP contribution in [-0.4, -0.2) is 36.1 Å². The number of benzene rings is 7. The quantitative estimate of drug-likeness (QED) is 0.0364. The summed E-state index contributed by atoms with van der Waals surface area (Å²) in [5.41, 5.74) is 27.4. The van der Waals surface area contributed by atoms with Crippen LogP contribution in [0.2, 0.25) is 0 Å². The number of aldehydes is 1. The Morgan fingerprint density at radius 3 is 1.25 bits per heavy atom. The summed E-state index contributed by atoms with van der Waals surface area (Å²) < 4.78 is 19.2. The molecule has 11 rings (SSSR count). The largest absolute Gasteiger partial charge is 0.489 e. The number of fused-ring (bicyclic) bond motifs is 1. The van der Waals surface area contributed by atoms with Crippen LogP contribution < -0.4 is 31.4 Å².